The molecule has 0 radical (unpaired) electrons. The maximum absolute atomic E-state index is 11.6. The first kappa shape index (κ1) is 16.7. The Morgan fingerprint density at radius 2 is 2.05 bits per heavy atom. The zero-order valence-corrected chi connectivity index (χ0v) is 12.9. The number of nitrogens with one attached hydrogen (secondary N) is 1. The topological polar surface area (TPSA) is 71.5 Å². The number of pyridine rings is 1. The SMILES string of the molecule is CCNC(=O)c1ccc(BOC(C)(C)C(C)(C)O)cn1. The van der Waals surface area contributed by atoms with E-state index < -0.39 is 11.2 Å². The number of rotatable bonds is 6. The molecule has 6 heteroatoms. The number of nitrogens with zero attached hydrogens (tertiary/aromatic N) is 1. The number of aromatic nitrogens is 1. The zero-order valence-electron chi connectivity index (χ0n) is 12.9. The molecule has 20 heavy (non-hydrogen) atoms. The first-order chi connectivity index (χ1) is 9.17. The Kier molecular flexibility index (Phi) is 5.31. The first-order valence-corrected chi connectivity index (χ1v) is 6.77. The number of hydrogen-bond donors (Lipinski definition) is 2. The molecule has 0 aromatic carbocycles. The molecule has 0 saturated heterocycles. The lowest BCUT2D eigenvalue weighted by Gasteiger charge is -2.37. The van der Waals surface area contributed by atoms with Gasteiger partial charge in [-0.1, -0.05) is 6.07 Å². The third-order valence-corrected chi connectivity index (χ3v) is 3.47. The lowest BCUT2D eigenvalue weighted by molar-refractivity contribution is -0.0893. The summed E-state index contributed by atoms with van der Waals surface area (Å²) in [5.41, 5.74) is -0.375. The lowest BCUT2D eigenvalue weighted by Crippen LogP contribution is -2.49. The minimum atomic E-state index is -0.943. The van der Waals surface area contributed by atoms with Crippen LogP contribution in [0.3, 0.4) is 0 Å². The van der Waals surface area contributed by atoms with Crippen LogP contribution in [0.5, 0.6) is 0 Å². The highest BCUT2D eigenvalue weighted by molar-refractivity contribution is 6.46. The third-order valence-electron chi connectivity index (χ3n) is 3.47. The summed E-state index contributed by atoms with van der Waals surface area (Å²) < 4.78 is 5.74. The largest absolute Gasteiger partial charge is 0.427 e. The predicted molar refractivity (Wildman–Crippen MR) is 80.5 cm³/mol. The smallest absolute Gasteiger partial charge is 0.311 e. The Hall–Kier alpha value is -1.40. The molecule has 1 heterocycles. The van der Waals surface area contributed by atoms with Gasteiger partial charge < -0.3 is 15.1 Å². The maximum Gasteiger partial charge on any atom is 0.311 e. The van der Waals surface area contributed by atoms with Gasteiger partial charge in [0.05, 0.1) is 11.2 Å². The number of carbonyl (C=O) groups excluding carboxylic acids is 1. The normalized spacial score (nSPS) is 12.1. The minimum absolute atomic E-state index is 0.184. The van der Waals surface area contributed by atoms with Crippen molar-refractivity contribution < 1.29 is 14.6 Å². The molecule has 1 aromatic rings. The molecule has 5 nitrogen and oxygen atoms in total. The monoisotopic (exact) mass is 278 g/mol. The van der Waals surface area contributed by atoms with Crippen molar-refractivity contribution in [2.24, 2.45) is 0 Å². The average Bonchev–Trinajstić information content (AvgIpc) is 2.36. The van der Waals surface area contributed by atoms with Crippen LogP contribution >= 0.6 is 0 Å². The molecule has 1 aromatic heterocycles. The summed E-state index contributed by atoms with van der Waals surface area (Å²) in [5.74, 6) is -0.184. The lowest BCUT2D eigenvalue weighted by atomic mass is 9.83. The van der Waals surface area contributed by atoms with Gasteiger partial charge in [-0.3, -0.25) is 9.78 Å². The maximum atomic E-state index is 11.6. The van der Waals surface area contributed by atoms with Gasteiger partial charge in [-0.15, -0.1) is 0 Å². The van der Waals surface area contributed by atoms with Gasteiger partial charge in [0.1, 0.15) is 5.69 Å². The van der Waals surface area contributed by atoms with Crippen LogP contribution in [-0.2, 0) is 4.65 Å². The Balaban J connectivity index is 2.65. The van der Waals surface area contributed by atoms with Gasteiger partial charge in [0.25, 0.3) is 5.91 Å². The van der Waals surface area contributed by atoms with E-state index >= 15 is 0 Å². The van der Waals surface area contributed by atoms with Crippen molar-refractivity contribution in [3.8, 4) is 0 Å². The zero-order chi connectivity index (χ0) is 15.4. The Bertz CT molecular complexity index is 452. The van der Waals surface area contributed by atoms with Crippen LogP contribution in [0.4, 0.5) is 0 Å². The number of aliphatic hydroxyl groups is 1. The Morgan fingerprint density at radius 3 is 2.50 bits per heavy atom. The molecule has 0 aliphatic rings. The highest BCUT2D eigenvalue weighted by atomic mass is 16.5. The quantitative estimate of drug-likeness (QED) is 0.738. The van der Waals surface area contributed by atoms with Crippen LogP contribution in [0.2, 0.25) is 0 Å². The molecule has 0 bridgehead atoms. The first-order valence-electron chi connectivity index (χ1n) is 6.77. The fraction of sp³-hybridized carbons (Fsp3) is 0.571. The van der Waals surface area contributed by atoms with E-state index in [1.165, 1.54) is 0 Å². The molecule has 0 fully saturated rings. The molecular formula is C14H23BN2O3. The molecule has 110 valence electrons. The van der Waals surface area contributed by atoms with E-state index in [2.05, 4.69) is 10.3 Å². The fourth-order valence-electron chi connectivity index (χ4n) is 1.34. The van der Waals surface area contributed by atoms with Crippen molar-refractivity contribution in [1.29, 1.82) is 0 Å². The summed E-state index contributed by atoms with van der Waals surface area (Å²) in [4.78, 5) is 15.7. The molecule has 1 rings (SSSR count). The van der Waals surface area contributed by atoms with E-state index in [0.717, 1.165) is 5.46 Å². The highest BCUT2D eigenvalue weighted by Crippen LogP contribution is 2.24. The van der Waals surface area contributed by atoms with Gasteiger partial charge in [-0.25, -0.2) is 0 Å². The van der Waals surface area contributed by atoms with Gasteiger partial charge in [-0.05, 0) is 46.1 Å². The predicted octanol–water partition coefficient (Wildman–Crippen LogP) is 0.374. The van der Waals surface area contributed by atoms with E-state index in [0.29, 0.717) is 19.7 Å². The van der Waals surface area contributed by atoms with Crippen molar-refractivity contribution in [2.45, 2.75) is 45.8 Å². The van der Waals surface area contributed by atoms with E-state index in [9.17, 15) is 9.90 Å². The minimum Gasteiger partial charge on any atom is -0.427 e. The van der Waals surface area contributed by atoms with Gasteiger partial charge in [-0.2, -0.15) is 0 Å². The highest BCUT2D eigenvalue weighted by Gasteiger charge is 2.35. The summed E-state index contributed by atoms with van der Waals surface area (Å²) >= 11 is 0. The van der Waals surface area contributed by atoms with Gasteiger partial charge in [0.2, 0.25) is 0 Å². The molecule has 0 spiro atoms. The van der Waals surface area contributed by atoms with Gasteiger partial charge >= 0.3 is 7.48 Å². The van der Waals surface area contributed by atoms with Crippen molar-refractivity contribution in [3.63, 3.8) is 0 Å². The molecule has 0 aliphatic heterocycles. The summed E-state index contributed by atoms with van der Waals surface area (Å²) in [7, 11) is 0.333. The summed E-state index contributed by atoms with van der Waals surface area (Å²) in [6.45, 7) is 9.53. The molecule has 0 aliphatic carbocycles. The number of carbonyl (C=O) groups is 1. The van der Waals surface area contributed by atoms with Crippen LogP contribution in [0, 0.1) is 0 Å². The second-order valence-corrected chi connectivity index (χ2v) is 5.77. The van der Waals surface area contributed by atoms with Crippen molar-refractivity contribution >= 4 is 18.9 Å². The summed E-state index contributed by atoms with van der Waals surface area (Å²) in [6.07, 6.45) is 1.62. The van der Waals surface area contributed by atoms with Crippen molar-refractivity contribution in [2.75, 3.05) is 6.54 Å². The molecule has 0 saturated carbocycles. The van der Waals surface area contributed by atoms with Crippen LogP contribution in [0.15, 0.2) is 18.3 Å². The third kappa shape index (κ3) is 4.32. The number of hydrogen-bond acceptors (Lipinski definition) is 4. The molecule has 1 amide bonds. The van der Waals surface area contributed by atoms with Crippen LogP contribution in [0.1, 0.15) is 45.1 Å². The van der Waals surface area contributed by atoms with E-state index in [4.69, 9.17) is 4.65 Å². The van der Waals surface area contributed by atoms with E-state index in [1.807, 2.05) is 20.8 Å². The van der Waals surface area contributed by atoms with Crippen LogP contribution in [0.25, 0.3) is 0 Å². The van der Waals surface area contributed by atoms with Crippen LogP contribution in [-0.4, -0.2) is 41.2 Å². The van der Waals surface area contributed by atoms with Gasteiger partial charge in [0, 0.05) is 12.7 Å². The second kappa shape index (κ2) is 6.37. The summed E-state index contributed by atoms with van der Waals surface area (Å²) in [5, 5.41) is 12.7. The molecular weight excluding hydrogens is 255 g/mol. The standard InChI is InChI=1S/C14H23BN2O3/c1-6-16-12(18)11-8-7-10(9-17-11)15-20-14(4,5)13(2,3)19/h7-9,15,19H,6H2,1-5H3,(H,16,18). The average molecular weight is 278 g/mol. The van der Waals surface area contributed by atoms with E-state index in [-0.39, 0.29) is 5.91 Å². The molecule has 2 N–H and O–H groups in total. The molecule has 0 unspecified atom stereocenters. The fourth-order valence-corrected chi connectivity index (χ4v) is 1.34. The Labute approximate surface area is 121 Å². The van der Waals surface area contributed by atoms with E-state index in [1.54, 1.807) is 32.2 Å². The summed E-state index contributed by atoms with van der Waals surface area (Å²) in [6, 6.07) is 3.47. The Morgan fingerprint density at radius 1 is 1.40 bits per heavy atom. The van der Waals surface area contributed by atoms with Crippen molar-refractivity contribution in [1.82, 2.24) is 10.3 Å². The second-order valence-electron chi connectivity index (χ2n) is 5.77. The van der Waals surface area contributed by atoms with Gasteiger partial charge in [0.15, 0.2) is 0 Å². The number of amides is 1. The molecule has 0 atom stereocenters. The van der Waals surface area contributed by atoms with Crippen molar-refractivity contribution in [3.05, 3.63) is 24.0 Å². The van der Waals surface area contributed by atoms with Crippen LogP contribution < -0.4 is 10.8 Å².